The van der Waals surface area contributed by atoms with Gasteiger partial charge in [-0.1, -0.05) is 0 Å². The van der Waals surface area contributed by atoms with Crippen molar-refractivity contribution in [3.05, 3.63) is 35.3 Å². The van der Waals surface area contributed by atoms with Gasteiger partial charge >= 0.3 is 0 Å². The summed E-state index contributed by atoms with van der Waals surface area (Å²) in [6.45, 7) is 4.35. The number of hydrogen-bond donors (Lipinski definition) is 1. The van der Waals surface area contributed by atoms with E-state index < -0.39 is 6.10 Å². The zero-order valence-corrected chi connectivity index (χ0v) is 10.7. The molecule has 3 nitrogen and oxygen atoms in total. The van der Waals surface area contributed by atoms with Crippen LogP contribution in [0.3, 0.4) is 0 Å². The first-order chi connectivity index (χ1) is 8.20. The highest BCUT2D eigenvalue weighted by Gasteiger charge is 2.08. The fraction of sp³-hybridized carbons (Fsp3) is 0.308. The molecule has 2 rings (SSSR count). The number of ether oxygens (including phenoxy) is 1. The predicted molar refractivity (Wildman–Crippen MR) is 69.4 cm³/mol. The van der Waals surface area contributed by atoms with Gasteiger partial charge < -0.3 is 9.84 Å². The maximum atomic E-state index is 9.42. The third-order valence-corrected chi connectivity index (χ3v) is 3.27. The SMILES string of the molecule is CCOc1ccc(-c2nc(C(C)O)cs2)cc1. The average Bonchev–Trinajstić information content (AvgIpc) is 2.80. The van der Waals surface area contributed by atoms with Gasteiger partial charge in [0.25, 0.3) is 0 Å². The zero-order valence-electron chi connectivity index (χ0n) is 9.88. The standard InChI is InChI=1S/C13H15NO2S/c1-3-16-11-6-4-10(5-7-11)13-14-12(8-17-13)9(2)15/h4-9,15H,3H2,1-2H3. The quantitative estimate of drug-likeness (QED) is 0.904. The van der Waals surface area contributed by atoms with Crippen molar-refractivity contribution in [2.45, 2.75) is 20.0 Å². The molecule has 1 N–H and O–H groups in total. The molecule has 0 aliphatic rings. The molecule has 0 saturated carbocycles. The van der Waals surface area contributed by atoms with Crippen LogP contribution in [0.1, 0.15) is 25.6 Å². The number of benzene rings is 1. The lowest BCUT2D eigenvalue weighted by Gasteiger charge is -2.03. The Morgan fingerprint density at radius 3 is 2.59 bits per heavy atom. The minimum absolute atomic E-state index is 0.511. The van der Waals surface area contributed by atoms with Crippen molar-refractivity contribution in [2.24, 2.45) is 0 Å². The first-order valence-corrected chi connectivity index (χ1v) is 6.45. The van der Waals surface area contributed by atoms with Gasteiger partial charge in [0.1, 0.15) is 10.8 Å². The number of aliphatic hydroxyl groups excluding tert-OH is 1. The van der Waals surface area contributed by atoms with Gasteiger partial charge in [-0.15, -0.1) is 11.3 Å². The number of aliphatic hydroxyl groups is 1. The van der Waals surface area contributed by atoms with Gasteiger partial charge in [0.05, 0.1) is 18.4 Å². The summed E-state index contributed by atoms with van der Waals surface area (Å²) in [5.74, 6) is 0.864. The summed E-state index contributed by atoms with van der Waals surface area (Å²) in [7, 11) is 0. The van der Waals surface area contributed by atoms with Gasteiger partial charge in [0.2, 0.25) is 0 Å². The van der Waals surface area contributed by atoms with E-state index in [0.717, 1.165) is 22.0 Å². The monoisotopic (exact) mass is 249 g/mol. The minimum Gasteiger partial charge on any atom is -0.494 e. The molecule has 1 unspecified atom stereocenters. The van der Waals surface area contributed by atoms with E-state index in [9.17, 15) is 5.11 Å². The van der Waals surface area contributed by atoms with E-state index in [1.165, 1.54) is 11.3 Å². The van der Waals surface area contributed by atoms with Crippen LogP contribution in [0.5, 0.6) is 5.75 Å². The van der Waals surface area contributed by atoms with Gasteiger partial charge in [-0.05, 0) is 38.1 Å². The van der Waals surface area contributed by atoms with Crippen LogP contribution in [0.4, 0.5) is 0 Å². The van der Waals surface area contributed by atoms with Crippen LogP contribution in [0.25, 0.3) is 10.6 Å². The van der Waals surface area contributed by atoms with Crippen molar-refractivity contribution in [1.82, 2.24) is 4.98 Å². The molecule has 1 heterocycles. The lowest BCUT2D eigenvalue weighted by molar-refractivity contribution is 0.195. The number of rotatable bonds is 4. The Morgan fingerprint density at radius 2 is 2.06 bits per heavy atom. The maximum Gasteiger partial charge on any atom is 0.123 e. The van der Waals surface area contributed by atoms with Gasteiger partial charge in [-0.25, -0.2) is 4.98 Å². The fourth-order valence-electron chi connectivity index (χ4n) is 1.47. The second-order valence-corrected chi connectivity index (χ2v) is 4.57. The Hall–Kier alpha value is -1.39. The molecule has 17 heavy (non-hydrogen) atoms. The lowest BCUT2D eigenvalue weighted by Crippen LogP contribution is -1.91. The summed E-state index contributed by atoms with van der Waals surface area (Å²) < 4.78 is 5.38. The molecular formula is C13H15NO2S. The van der Waals surface area contributed by atoms with E-state index >= 15 is 0 Å². The van der Waals surface area contributed by atoms with Crippen LogP contribution in [-0.2, 0) is 0 Å². The van der Waals surface area contributed by atoms with Gasteiger partial charge in [-0.2, -0.15) is 0 Å². The molecular weight excluding hydrogens is 234 g/mol. The molecule has 0 aliphatic carbocycles. The molecule has 0 fully saturated rings. The Balaban J connectivity index is 2.21. The normalized spacial score (nSPS) is 12.4. The summed E-state index contributed by atoms with van der Waals surface area (Å²) in [4.78, 5) is 4.38. The van der Waals surface area contributed by atoms with Crippen LogP contribution < -0.4 is 4.74 Å². The van der Waals surface area contributed by atoms with Crippen LogP contribution in [0.2, 0.25) is 0 Å². The van der Waals surface area contributed by atoms with Crippen LogP contribution in [0.15, 0.2) is 29.6 Å². The molecule has 1 aromatic carbocycles. The average molecular weight is 249 g/mol. The lowest BCUT2D eigenvalue weighted by atomic mass is 10.2. The van der Waals surface area contributed by atoms with Crippen LogP contribution in [0, 0.1) is 0 Å². The van der Waals surface area contributed by atoms with E-state index in [1.54, 1.807) is 6.92 Å². The van der Waals surface area contributed by atoms with Crippen LogP contribution in [-0.4, -0.2) is 16.7 Å². The number of aromatic nitrogens is 1. The van der Waals surface area contributed by atoms with E-state index in [2.05, 4.69) is 4.98 Å². The summed E-state index contributed by atoms with van der Waals surface area (Å²) in [5, 5.41) is 12.2. The predicted octanol–water partition coefficient (Wildman–Crippen LogP) is 3.26. The molecule has 0 spiro atoms. The van der Waals surface area contributed by atoms with E-state index in [-0.39, 0.29) is 0 Å². The molecule has 0 amide bonds. The Kier molecular flexibility index (Phi) is 3.76. The highest BCUT2D eigenvalue weighted by atomic mass is 32.1. The molecule has 0 bridgehead atoms. The van der Waals surface area contributed by atoms with Gasteiger partial charge in [0.15, 0.2) is 0 Å². The zero-order chi connectivity index (χ0) is 12.3. The third-order valence-electron chi connectivity index (χ3n) is 2.36. The molecule has 1 atom stereocenters. The molecule has 4 heteroatoms. The van der Waals surface area contributed by atoms with Crippen LogP contribution >= 0.6 is 11.3 Å². The second-order valence-electron chi connectivity index (χ2n) is 3.71. The number of hydrogen-bond acceptors (Lipinski definition) is 4. The first kappa shape index (κ1) is 12.1. The summed E-state index contributed by atoms with van der Waals surface area (Å²) >= 11 is 1.54. The summed E-state index contributed by atoms with van der Waals surface area (Å²) in [5.41, 5.74) is 1.77. The topological polar surface area (TPSA) is 42.4 Å². The molecule has 0 radical (unpaired) electrons. The summed E-state index contributed by atoms with van der Waals surface area (Å²) in [6, 6.07) is 7.83. The number of nitrogens with zero attached hydrogens (tertiary/aromatic N) is 1. The maximum absolute atomic E-state index is 9.42. The van der Waals surface area contributed by atoms with E-state index in [4.69, 9.17) is 4.74 Å². The second kappa shape index (κ2) is 5.29. The largest absolute Gasteiger partial charge is 0.494 e. The van der Waals surface area contributed by atoms with E-state index in [1.807, 2.05) is 36.6 Å². The van der Waals surface area contributed by atoms with Crippen molar-refractivity contribution < 1.29 is 9.84 Å². The fourth-order valence-corrected chi connectivity index (χ4v) is 2.38. The molecule has 2 aromatic rings. The minimum atomic E-state index is -0.511. The molecule has 0 saturated heterocycles. The van der Waals surface area contributed by atoms with Crippen molar-refractivity contribution in [3.8, 4) is 16.3 Å². The third kappa shape index (κ3) is 2.84. The van der Waals surface area contributed by atoms with Crippen molar-refractivity contribution in [1.29, 1.82) is 0 Å². The Labute approximate surface area is 105 Å². The smallest absolute Gasteiger partial charge is 0.123 e. The van der Waals surface area contributed by atoms with Crippen molar-refractivity contribution >= 4 is 11.3 Å². The first-order valence-electron chi connectivity index (χ1n) is 5.57. The van der Waals surface area contributed by atoms with Gasteiger partial charge in [-0.3, -0.25) is 0 Å². The van der Waals surface area contributed by atoms with Gasteiger partial charge in [0, 0.05) is 10.9 Å². The number of thiazole rings is 1. The molecule has 90 valence electrons. The molecule has 1 aromatic heterocycles. The highest BCUT2D eigenvalue weighted by molar-refractivity contribution is 7.13. The molecule has 0 aliphatic heterocycles. The van der Waals surface area contributed by atoms with Crippen molar-refractivity contribution in [3.63, 3.8) is 0 Å². The Bertz CT molecular complexity index is 476. The highest BCUT2D eigenvalue weighted by Crippen LogP contribution is 2.27. The van der Waals surface area contributed by atoms with E-state index in [0.29, 0.717) is 6.61 Å². The Morgan fingerprint density at radius 1 is 1.35 bits per heavy atom. The summed E-state index contributed by atoms with van der Waals surface area (Å²) in [6.07, 6.45) is -0.511. The van der Waals surface area contributed by atoms with Crippen molar-refractivity contribution in [2.75, 3.05) is 6.61 Å².